The van der Waals surface area contributed by atoms with Crippen molar-refractivity contribution in [1.29, 1.82) is 0 Å². The summed E-state index contributed by atoms with van der Waals surface area (Å²) in [5.74, 6) is -2.14. The van der Waals surface area contributed by atoms with Gasteiger partial charge in [-0.3, -0.25) is 8.98 Å². The lowest BCUT2D eigenvalue weighted by atomic mass is 9.94. The summed E-state index contributed by atoms with van der Waals surface area (Å²) in [6, 6.07) is -1.19. The SMILES string of the molecule is CC(C)(C)OC(=O)NC(C[C@@H](CCCOS(C)(=O)=O)C(=O)OC(C)(C)C)C(=O)OC(C)(C)C. The molecule has 1 unspecified atom stereocenters. The van der Waals surface area contributed by atoms with E-state index >= 15 is 0 Å². The quantitative estimate of drug-likeness (QED) is 0.209. The molecule has 0 saturated carbocycles. The topological polar surface area (TPSA) is 134 Å². The molecule has 0 aromatic rings. The number of carbonyl (C=O) groups is 3. The first-order valence-electron chi connectivity index (χ1n) is 10.9. The van der Waals surface area contributed by atoms with E-state index in [0.717, 1.165) is 6.26 Å². The number of esters is 2. The molecule has 1 amide bonds. The number of carbonyl (C=O) groups excluding carboxylic acids is 3. The molecule has 0 rings (SSSR count). The van der Waals surface area contributed by atoms with Crippen LogP contribution in [0.2, 0.25) is 0 Å². The molecule has 0 aliphatic heterocycles. The summed E-state index contributed by atoms with van der Waals surface area (Å²) in [6.45, 7) is 15.1. The van der Waals surface area contributed by atoms with Gasteiger partial charge in [-0.2, -0.15) is 8.42 Å². The molecule has 0 aromatic carbocycles. The Hall–Kier alpha value is -1.88. The summed E-state index contributed by atoms with van der Waals surface area (Å²) in [7, 11) is -3.63. The highest BCUT2D eigenvalue weighted by molar-refractivity contribution is 7.85. The number of amides is 1. The maximum atomic E-state index is 12.8. The van der Waals surface area contributed by atoms with Crippen molar-refractivity contribution in [1.82, 2.24) is 5.32 Å². The van der Waals surface area contributed by atoms with Crippen LogP contribution in [-0.4, -0.2) is 62.2 Å². The number of ether oxygens (including phenoxy) is 3. The van der Waals surface area contributed by atoms with Gasteiger partial charge in [0.05, 0.1) is 18.8 Å². The van der Waals surface area contributed by atoms with Gasteiger partial charge in [0, 0.05) is 0 Å². The highest BCUT2D eigenvalue weighted by Gasteiger charge is 2.34. The second kappa shape index (κ2) is 12.0. The predicted molar refractivity (Wildman–Crippen MR) is 123 cm³/mol. The van der Waals surface area contributed by atoms with Crippen LogP contribution < -0.4 is 5.32 Å². The van der Waals surface area contributed by atoms with Gasteiger partial charge in [-0.1, -0.05) is 0 Å². The summed E-state index contributed by atoms with van der Waals surface area (Å²) in [5, 5.41) is 2.49. The maximum absolute atomic E-state index is 12.8. The van der Waals surface area contributed by atoms with E-state index < -0.39 is 56.9 Å². The van der Waals surface area contributed by atoms with Gasteiger partial charge in [-0.05, 0) is 81.6 Å². The molecule has 11 heteroatoms. The Kier molecular flexibility index (Phi) is 11.3. The van der Waals surface area contributed by atoms with Crippen LogP contribution >= 0.6 is 0 Å². The Balaban J connectivity index is 5.66. The Labute approximate surface area is 198 Å². The molecule has 2 atom stereocenters. The second-order valence-corrected chi connectivity index (χ2v) is 12.5. The third-order valence-corrected chi connectivity index (χ3v) is 4.23. The standard InChI is InChI=1S/C22H41NO9S/c1-20(2,3)30-17(24)15(12-11-13-29-33(10,27)28)14-16(18(25)31-21(4,5)6)23-19(26)32-22(7,8)9/h15-16H,11-14H2,1-10H3,(H,23,26)/t15-,16?/m1/s1. The van der Waals surface area contributed by atoms with Crippen molar-refractivity contribution in [2.75, 3.05) is 12.9 Å². The minimum atomic E-state index is -3.63. The molecule has 0 aliphatic carbocycles. The minimum absolute atomic E-state index is 0.123. The van der Waals surface area contributed by atoms with Gasteiger partial charge in [0.25, 0.3) is 10.1 Å². The zero-order chi connectivity index (χ0) is 26.3. The molecular formula is C22H41NO9S. The molecule has 1 N–H and O–H groups in total. The fourth-order valence-corrected chi connectivity index (χ4v) is 3.00. The number of hydrogen-bond acceptors (Lipinski definition) is 9. The molecule has 0 aliphatic rings. The van der Waals surface area contributed by atoms with Crippen LogP contribution in [0.5, 0.6) is 0 Å². The normalized spacial score (nSPS) is 14.7. The minimum Gasteiger partial charge on any atom is -0.460 e. The van der Waals surface area contributed by atoms with Crippen LogP contribution in [-0.2, 0) is 38.1 Å². The van der Waals surface area contributed by atoms with Gasteiger partial charge in [0.15, 0.2) is 0 Å². The van der Waals surface area contributed by atoms with Crippen LogP contribution in [0.25, 0.3) is 0 Å². The molecule has 0 radical (unpaired) electrons. The predicted octanol–water partition coefficient (Wildman–Crippen LogP) is 3.33. The van der Waals surface area contributed by atoms with Gasteiger partial charge in [-0.25, -0.2) is 9.59 Å². The molecule has 0 heterocycles. The molecule has 194 valence electrons. The lowest BCUT2D eigenvalue weighted by Crippen LogP contribution is -2.47. The van der Waals surface area contributed by atoms with E-state index in [2.05, 4.69) is 5.32 Å². The first kappa shape index (κ1) is 31.1. The average Bonchev–Trinajstić information content (AvgIpc) is 2.50. The van der Waals surface area contributed by atoms with Gasteiger partial charge in [0.2, 0.25) is 0 Å². The molecule has 33 heavy (non-hydrogen) atoms. The number of rotatable bonds is 10. The fourth-order valence-electron chi connectivity index (χ4n) is 2.58. The van der Waals surface area contributed by atoms with E-state index in [-0.39, 0.29) is 25.9 Å². The largest absolute Gasteiger partial charge is 0.460 e. The second-order valence-electron chi connectivity index (χ2n) is 10.9. The fraction of sp³-hybridized carbons (Fsp3) is 0.864. The third kappa shape index (κ3) is 17.3. The summed E-state index contributed by atoms with van der Waals surface area (Å²) in [5.41, 5.74) is -2.40. The Bertz CT molecular complexity index is 771. The number of hydrogen-bond donors (Lipinski definition) is 1. The van der Waals surface area contributed by atoms with Crippen LogP contribution in [0.4, 0.5) is 4.79 Å². The Morgan fingerprint density at radius 3 is 1.67 bits per heavy atom. The molecule has 0 bridgehead atoms. The first-order valence-corrected chi connectivity index (χ1v) is 12.7. The number of nitrogens with one attached hydrogen (secondary N) is 1. The van der Waals surface area contributed by atoms with Crippen LogP contribution in [0.3, 0.4) is 0 Å². The zero-order valence-electron chi connectivity index (χ0n) is 21.6. The lowest BCUT2D eigenvalue weighted by Gasteiger charge is -2.29. The summed E-state index contributed by atoms with van der Waals surface area (Å²) in [4.78, 5) is 38.0. The van der Waals surface area contributed by atoms with Gasteiger partial charge in [-0.15, -0.1) is 0 Å². The van der Waals surface area contributed by atoms with E-state index in [1.807, 2.05) is 0 Å². The summed E-state index contributed by atoms with van der Waals surface area (Å²) in [6.07, 6.45) is 0.357. The van der Waals surface area contributed by atoms with Crippen molar-refractivity contribution in [2.45, 2.75) is 104 Å². The highest BCUT2D eigenvalue weighted by atomic mass is 32.2. The first-order chi connectivity index (χ1) is 14.6. The van der Waals surface area contributed by atoms with Crippen molar-refractivity contribution < 1.29 is 41.2 Å². The van der Waals surface area contributed by atoms with Crippen LogP contribution in [0, 0.1) is 5.92 Å². The zero-order valence-corrected chi connectivity index (χ0v) is 22.4. The Morgan fingerprint density at radius 2 is 1.24 bits per heavy atom. The average molecular weight is 496 g/mol. The van der Waals surface area contributed by atoms with Crippen molar-refractivity contribution >= 4 is 28.1 Å². The monoisotopic (exact) mass is 495 g/mol. The van der Waals surface area contributed by atoms with E-state index in [0.29, 0.717) is 0 Å². The van der Waals surface area contributed by atoms with Crippen LogP contribution in [0.1, 0.15) is 81.6 Å². The van der Waals surface area contributed by atoms with Crippen molar-refractivity contribution in [3.8, 4) is 0 Å². The van der Waals surface area contributed by atoms with E-state index in [1.165, 1.54) is 0 Å². The van der Waals surface area contributed by atoms with Crippen molar-refractivity contribution in [3.63, 3.8) is 0 Å². The van der Waals surface area contributed by atoms with E-state index in [1.54, 1.807) is 62.3 Å². The molecule has 10 nitrogen and oxygen atoms in total. The maximum Gasteiger partial charge on any atom is 0.408 e. The molecule has 0 aromatic heterocycles. The molecule has 0 spiro atoms. The number of alkyl carbamates (subject to hydrolysis) is 1. The summed E-state index contributed by atoms with van der Waals surface area (Å²) >= 11 is 0. The third-order valence-electron chi connectivity index (χ3n) is 3.64. The van der Waals surface area contributed by atoms with E-state index in [4.69, 9.17) is 18.4 Å². The Morgan fingerprint density at radius 1 is 0.788 bits per heavy atom. The van der Waals surface area contributed by atoms with E-state index in [9.17, 15) is 22.8 Å². The van der Waals surface area contributed by atoms with Gasteiger partial charge >= 0.3 is 18.0 Å². The molecule has 0 saturated heterocycles. The van der Waals surface area contributed by atoms with Crippen molar-refractivity contribution in [2.24, 2.45) is 5.92 Å². The van der Waals surface area contributed by atoms with Crippen LogP contribution in [0.15, 0.2) is 0 Å². The molecule has 0 fully saturated rings. The van der Waals surface area contributed by atoms with Crippen molar-refractivity contribution in [3.05, 3.63) is 0 Å². The highest BCUT2D eigenvalue weighted by Crippen LogP contribution is 2.22. The van der Waals surface area contributed by atoms with Gasteiger partial charge in [0.1, 0.15) is 22.8 Å². The summed E-state index contributed by atoms with van der Waals surface area (Å²) < 4.78 is 43.3. The lowest BCUT2D eigenvalue weighted by molar-refractivity contribution is -0.163. The molecular weight excluding hydrogens is 454 g/mol. The smallest absolute Gasteiger partial charge is 0.408 e. The van der Waals surface area contributed by atoms with Gasteiger partial charge < -0.3 is 19.5 Å².